The number of esters is 1. The summed E-state index contributed by atoms with van der Waals surface area (Å²) in [7, 11) is 1.41. The number of carbonyl (C=O) groups is 1. The molecule has 1 fully saturated rings. The molecule has 1 aliphatic rings. The van der Waals surface area contributed by atoms with Gasteiger partial charge in [0.25, 0.3) is 0 Å². The van der Waals surface area contributed by atoms with Crippen LogP contribution in [0.1, 0.15) is 61.3 Å². The molecule has 1 aromatic carbocycles. The zero-order valence-corrected chi connectivity index (χ0v) is 22.0. The fraction of sp³-hybridized carbons (Fsp3) is 0.379. The zero-order valence-electron chi connectivity index (χ0n) is 22.0. The van der Waals surface area contributed by atoms with Crippen molar-refractivity contribution in [2.75, 3.05) is 7.11 Å². The molecule has 0 radical (unpaired) electrons. The second kappa shape index (κ2) is 10.7. The molecular formula is C29H29F3N4O3. The van der Waals surface area contributed by atoms with Crippen molar-refractivity contribution in [3.63, 3.8) is 0 Å². The fourth-order valence-corrected chi connectivity index (χ4v) is 5.35. The number of imidazole rings is 1. The Bertz CT molecular complexity index is 1500. The van der Waals surface area contributed by atoms with Crippen molar-refractivity contribution in [3.05, 3.63) is 77.5 Å². The number of halogens is 3. The summed E-state index contributed by atoms with van der Waals surface area (Å²) in [5.74, 6) is 0.206. The fourth-order valence-electron chi connectivity index (χ4n) is 5.35. The Kier molecular flexibility index (Phi) is 7.29. The van der Waals surface area contributed by atoms with E-state index in [-0.39, 0.29) is 24.1 Å². The normalized spacial score (nSPS) is 19.4. The maximum Gasteiger partial charge on any atom is 0.387 e. The molecule has 4 aromatic rings. The average Bonchev–Trinajstić information content (AvgIpc) is 3.22. The number of hydrogen-bond acceptors (Lipinski definition) is 6. The summed E-state index contributed by atoms with van der Waals surface area (Å²) >= 11 is 0. The van der Waals surface area contributed by atoms with Crippen LogP contribution in [-0.2, 0) is 16.0 Å². The minimum atomic E-state index is -2.94. The van der Waals surface area contributed by atoms with E-state index >= 15 is 4.39 Å². The molecule has 204 valence electrons. The SMILES string of the molecule is COC(=O)C1(C)CCC(c2ncc(-c3cn4c(Cc5ccccc5OC(F)F)c(C)nc4cc3F)cn2)CC1. The van der Waals surface area contributed by atoms with E-state index in [1.807, 2.05) is 6.92 Å². The lowest BCUT2D eigenvalue weighted by molar-refractivity contribution is -0.153. The highest BCUT2D eigenvalue weighted by atomic mass is 19.3. The van der Waals surface area contributed by atoms with E-state index in [4.69, 9.17) is 4.74 Å². The third-order valence-electron chi connectivity index (χ3n) is 7.67. The van der Waals surface area contributed by atoms with Gasteiger partial charge in [0, 0.05) is 59.4 Å². The van der Waals surface area contributed by atoms with Crippen LogP contribution in [0.15, 0.2) is 48.9 Å². The standard InChI is InChI=1S/C29H29F3N4O3/c1-17-23(12-19-6-4-5-7-24(19)39-28(31)32)36-16-21(22(30)13-25(36)35-17)20-14-33-26(34-15-20)18-8-10-29(2,11-9-18)27(37)38-3/h4-7,13-16,18,28H,8-12H2,1-3H3. The van der Waals surface area contributed by atoms with Gasteiger partial charge in [-0.25, -0.2) is 19.3 Å². The zero-order chi connectivity index (χ0) is 27.7. The number of fused-ring (bicyclic) bond motifs is 1. The lowest BCUT2D eigenvalue weighted by Crippen LogP contribution is -2.33. The summed E-state index contributed by atoms with van der Waals surface area (Å²) in [6.45, 7) is 0.780. The van der Waals surface area contributed by atoms with Crippen LogP contribution >= 0.6 is 0 Å². The molecule has 5 rings (SSSR count). The molecule has 1 saturated carbocycles. The number of carbonyl (C=O) groups excluding carboxylic acids is 1. The van der Waals surface area contributed by atoms with Gasteiger partial charge in [-0.1, -0.05) is 18.2 Å². The average molecular weight is 539 g/mol. The number of aromatic nitrogens is 4. The Morgan fingerprint density at radius 2 is 1.87 bits per heavy atom. The topological polar surface area (TPSA) is 78.6 Å². The molecule has 0 aliphatic heterocycles. The molecule has 3 aromatic heterocycles. The van der Waals surface area contributed by atoms with Crippen molar-refractivity contribution < 1.29 is 27.4 Å². The first-order valence-corrected chi connectivity index (χ1v) is 12.8. The van der Waals surface area contributed by atoms with E-state index in [2.05, 4.69) is 19.7 Å². The van der Waals surface area contributed by atoms with Crippen LogP contribution in [0, 0.1) is 18.2 Å². The summed E-state index contributed by atoms with van der Waals surface area (Å²) in [6.07, 6.45) is 8.02. The van der Waals surface area contributed by atoms with Gasteiger partial charge in [0.05, 0.1) is 18.2 Å². The number of aryl methyl sites for hydroxylation is 1. The number of pyridine rings is 1. The molecule has 0 atom stereocenters. The predicted molar refractivity (Wildman–Crippen MR) is 138 cm³/mol. The number of para-hydroxylation sites is 1. The largest absolute Gasteiger partial charge is 0.469 e. The van der Waals surface area contributed by atoms with Crippen molar-refractivity contribution in [1.82, 2.24) is 19.4 Å². The maximum atomic E-state index is 15.2. The van der Waals surface area contributed by atoms with Gasteiger partial charge in [0.2, 0.25) is 0 Å². The van der Waals surface area contributed by atoms with Gasteiger partial charge in [0.15, 0.2) is 0 Å². The van der Waals surface area contributed by atoms with Crippen LogP contribution in [0.25, 0.3) is 16.8 Å². The first-order valence-electron chi connectivity index (χ1n) is 12.8. The number of alkyl halides is 2. The van der Waals surface area contributed by atoms with Crippen LogP contribution < -0.4 is 4.74 Å². The number of rotatable bonds is 7. The van der Waals surface area contributed by atoms with Crippen molar-refractivity contribution in [2.24, 2.45) is 5.41 Å². The van der Waals surface area contributed by atoms with Crippen molar-refractivity contribution in [1.29, 1.82) is 0 Å². The quantitative estimate of drug-likeness (QED) is 0.258. The molecule has 3 heterocycles. The lowest BCUT2D eigenvalue weighted by Gasteiger charge is -2.34. The maximum absolute atomic E-state index is 15.2. The minimum absolute atomic E-state index is 0.0859. The van der Waals surface area contributed by atoms with Gasteiger partial charge in [-0.05, 0) is 45.6 Å². The Labute approximate surface area is 224 Å². The van der Waals surface area contributed by atoms with Gasteiger partial charge in [-0.3, -0.25) is 4.79 Å². The molecule has 1 aliphatic carbocycles. The molecular weight excluding hydrogens is 509 g/mol. The van der Waals surface area contributed by atoms with E-state index in [0.29, 0.717) is 46.7 Å². The molecule has 39 heavy (non-hydrogen) atoms. The minimum Gasteiger partial charge on any atom is -0.469 e. The van der Waals surface area contributed by atoms with Crippen molar-refractivity contribution >= 4 is 11.6 Å². The van der Waals surface area contributed by atoms with E-state index in [9.17, 15) is 13.6 Å². The van der Waals surface area contributed by atoms with Gasteiger partial charge < -0.3 is 13.9 Å². The number of hydrogen-bond donors (Lipinski definition) is 0. The third-order valence-corrected chi connectivity index (χ3v) is 7.67. The van der Waals surface area contributed by atoms with Crippen LogP contribution in [0.5, 0.6) is 5.75 Å². The Hall–Kier alpha value is -3.95. The van der Waals surface area contributed by atoms with Crippen LogP contribution in [0.4, 0.5) is 13.2 Å². The second-order valence-electron chi connectivity index (χ2n) is 10.2. The summed E-state index contributed by atoms with van der Waals surface area (Å²) in [5.41, 5.74) is 2.67. The predicted octanol–water partition coefficient (Wildman–Crippen LogP) is 6.27. The van der Waals surface area contributed by atoms with Crippen LogP contribution in [0.3, 0.4) is 0 Å². The molecule has 0 amide bonds. The second-order valence-corrected chi connectivity index (χ2v) is 10.2. The Morgan fingerprint density at radius 3 is 2.54 bits per heavy atom. The molecule has 0 spiro atoms. The molecule has 10 heteroatoms. The smallest absolute Gasteiger partial charge is 0.387 e. The van der Waals surface area contributed by atoms with Gasteiger partial charge >= 0.3 is 12.6 Å². The molecule has 0 saturated heterocycles. The summed E-state index contributed by atoms with van der Waals surface area (Å²) in [6, 6.07) is 7.93. The van der Waals surface area contributed by atoms with Crippen molar-refractivity contribution in [2.45, 2.75) is 58.5 Å². The highest BCUT2D eigenvalue weighted by Gasteiger charge is 2.39. The van der Waals surface area contributed by atoms with E-state index in [1.54, 1.807) is 48.1 Å². The first kappa shape index (κ1) is 26.6. The molecule has 0 N–H and O–H groups in total. The summed E-state index contributed by atoms with van der Waals surface area (Å²) in [5, 5.41) is 0. The van der Waals surface area contributed by atoms with Gasteiger partial charge in [-0.15, -0.1) is 0 Å². The lowest BCUT2D eigenvalue weighted by atomic mass is 9.71. The monoisotopic (exact) mass is 538 g/mol. The highest BCUT2D eigenvalue weighted by Crippen LogP contribution is 2.42. The van der Waals surface area contributed by atoms with Crippen LogP contribution in [-0.4, -0.2) is 39.0 Å². The summed E-state index contributed by atoms with van der Waals surface area (Å²) < 4.78 is 52.4. The van der Waals surface area contributed by atoms with E-state index in [0.717, 1.165) is 18.5 Å². The summed E-state index contributed by atoms with van der Waals surface area (Å²) in [4.78, 5) is 25.7. The van der Waals surface area contributed by atoms with E-state index < -0.39 is 17.8 Å². The molecule has 0 bridgehead atoms. The number of benzene rings is 1. The highest BCUT2D eigenvalue weighted by molar-refractivity contribution is 5.76. The first-order chi connectivity index (χ1) is 18.7. The molecule has 7 nitrogen and oxygen atoms in total. The Balaban J connectivity index is 1.41. The van der Waals surface area contributed by atoms with Crippen LogP contribution in [0.2, 0.25) is 0 Å². The Morgan fingerprint density at radius 1 is 1.18 bits per heavy atom. The number of methoxy groups -OCH3 is 1. The van der Waals surface area contributed by atoms with Gasteiger partial charge in [-0.2, -0.15) is 8.78 Å². The number of nitrogens with zero attached hydrogens (tertiary/aromatic N) is 4. The van der Waals surface area contributed by atoms with Gasteiger partial charge in [0.1, 0.15) is 23.0 Å². The van der Waals surface area contributed by atoms with Crippen molar-refractivity contribution in [3.8, 4) is 16.9 Å². The van der Waals surface area contributed by atoms with E-state index in [1.165, 1.54) is 19.2 Å². The molecule has 0 unspecified atom stereocenters. The number of ether oxygens (including phenoxy) is 2. The third kappa shape index (κ3) is 5.32.